The third-order valence-corrected chi connectivity index (χ3v) is 2.75. The van der Waals surface area contributed by atoms with E-state index in [1.54, 1.807) is 35.6 Å². The molecule has 19 heavy (non-hydrogen) atoms. The van der Waals surface area contributed by atoms with Gasteiger partial charge >= 0.3 is 5.97 Å². The second-order valence-corrected chi connectivity index (χ2v) is 4.06. The third-order valence-electron chi connectivity index (χ3n) is 2.75. The number of nitrogens with zero attached hydrogens (tertiary/aromatic N) is 3. The van der Waals surface area contributed by atoms with Gasteiger partial charge in [-0.25, -0.2) is 4.79 Å². The van der Waals surface area contributed by atoms with E-state index < -0.39 is 0 Å². The van der Waals surface area contributed by atoms with Crippen LogP contribution in [0.15, 0.2) is 35.5 Å². The Balaban J connectivity index is 2.29. The van der Waals surface area contributed by atoms with Crippen LogP contribution in [0, 0.1) is 0 Å². The zero-order chi connectivity index (χ0) is 13.8. The van der Waals surface area contributed by atoms with E-state index in [1.165, 1.54) is 18.3 Å². The van der Waals surface area contributed by atoms with Crippen molar-refractivity contribution < 1.29 is 9.53 Å². The molecule has 0 unspecified atom stereocenters. The largest absolute Gasteiger partial charge is 0.462 e. The number of hydrogen-bond acceptors (Lipinski definition) is 4. The van der Waals surface area contributed by atoms with Crippen LogP contribution in [-0.4, -0.2) is 26.9 Å². The fraction of sp³-hybridized carbons (Fsp3) is 0.308. The van der Waals surface area contributed by atoms with Crippen LogP contribution in [0.25, 0.3) is 0 Å². The van der Waals surface area contributed by atoms with Gasteiger partial charge in [0.1, 0.15) is 5.56 Å². The molecule has 2 aromatic rings. The van der Waals surface area contributed by atoms with Gasteiger partial charge in [-0.3, -0.25) is 9.48 Å². The maximum atomic E-state index is 11.8. The molecule has 0 N–H and O–H groups in total. The van der Waals surface area contributed by atoms with Crippen LogP contribution in [0.1, 0.15) is 23.0 Å². The minimum atomic E-state index is -0.383. The zero-order valence-corrected chi connectivity index (χ0v) is 10.9. The lowest BCUT2D eigenvalue weighted by atomic mass is 10.2. The maximum Gasteiger partial charge on any atom is 0.341 e. The number of pyridine rings is 1. The predicted octanol–water partition coefficient (Wildman–Crippen LogP) is 0.807. The van der Waals surface area contributed by atoms with E-state index in [0.717, 1.165) is 5.69 Å². The number of ether oxygens (including phenoxy) is 1. The first kappa shape index (κ1) is 13.1. The van der Waals surface area contributed by atoms with Crippen LogP contribution in [0.4, 0.5) is 0 Å². The Kier molecular flexibility index (Phi) is 3.79. The number of aromatic nitrogens is 3. The fourth-order valence-electron chi connectivity index (χ4n) is 1.75. The summed E-state index contributed by atoms with van der Waals surface area (Å²) in [5.74, 6) is -0.383. The normalized spacial score (nSPS) is 10.4. The van der Waals surface area contributed by atoms with Crippen molar-refractivity contribution in [1.82, 2.24) is 14.3 Å². The molecule has 0 aromatic carbocycles. The topological polar surface area (TPSA) is 66.1 Å². The van der Waals surface area contributed by atoms with Crippen molar-refractivity contribution in [2.45, 2.75) is 13.5 Å². The lowest BCUT2D eigenvalue weighted by Crippen LogP contribution is -2.13. The van der Waals surface area contributed by atoms with Gasteiger partial charge in [0.05, 0.1) is 25.0 Å². The molecule has 6 heteroatoms. The highest BCUT2D eigenvalue weighted by Crippen LogP contribution is 2.11. The third kappa shape index (κ3) is 2.90. The molecule has 0 saturated heterocycles. The molecule has 2 aromatic heterocycles. The number of hydrogen-bond donors (Lipinski definition) is 0. The second-order valence-electron chi connectivity index (χ2n) is 4.06. The highest BCUT2D eigenvalue weighted by Gasteiger charge is 2.16. The second kappa shape index (κ2) is 5.51. The van der Waals surface area contributed by atoms with E-state index in [-0.39, 0.29) is 11.4 Å². The lowest BCUT2D eigenvalue weighted by Gasteiger charge is -2.08. The predicted molar refractivity (Wildman–Crippen MR) is 69.0 cm³/mol. The summed E-state index contributed by atoms with van der Waals surface area (Å²) in [5.41, 5.74) is 1.14. The molecule has 0 bridgehead atoms. The van der Waals surface area contributed by atoms with Crippen molar-refractivity contribution in [2.24, 2.45) is 7.05 Å². The summed E-state index contributed by atoms with van der Waals surface area (Å²) in [4.78, 5) is 22.8. The average molecular weight is 261 g/mol. The van der Waals surface area contributed by atoms with Crippen LogP contribution in [0.2, 0.25) is 0 Å². The SMILES string of the molecule is CCOC(=O)c1cnn(C)c1Cn1ccc(=O)cc1. The van der Waals surface area contributed by atoms with Gasteiger partial charge in [0.2, 0.25) is 0 Å². The first-order chi connectivity index (χ1) is 9.11. The lowest BCUT2D eigenvalue weighted by molar-refractivity contribution is 0.0525. The first-order valence-corrected chi connectivity index (χ1v) is 5.96. The molecule has 0 aliphatic rings. The van der Waals surface area contributed by atoms with Crippen LogP contribution in [0.3, 0.4) is 0 Å². The monoisotopic (exact) mass is 261 g/mol. The summed E-state index contributed by atoms with van der Waals surface area (Å²) in [6.45, 7) is 2.53. The first-order valence-electron chi connectivity index (χ1n) is 5.96. The van der Waals surface area contributed by atoms with E-state index in [2.05, 4.69) is 5.10 Å². The highest BCUT2D eigenvalue weighted by molar-refractivity contribution is 5.90. The Morgan fingerprint density at radius 1 is 1.37 bits per heavy atom. The molecule has 0 fully saturated rings. The quantitative estimate of drug-likeness (QED) is 0.764. The van der Waals surface area contributed by atoms with Crippen molar-refractivity contribution in [1.29, 1.82) is 0 Å². The molecule has 0 atom stereocenters. The van der Waals surface area contributed by atoms with E-state index >= 15 is 0 Å². The number of rotatable bonds is 4. The van der Waals surface area contributed by atoms with Crippen molar-refractivity contribution in [3.63, 3.8) is 0 Å². The van der Waals surface area contributed by atoms with Gasteiger partial charge in [0.15, 0.2) is 5.43 Å². The minimum Gasteiger partial charge on any atom is -0.462 e. The van der Waals surface area contributed by atoms with Crippen LogP contribution in [0.5, 0.6) is 0 Å². The molecule has 6 nitrogen and oxygen atoms in total. The summed E-state index contributed by atoms with van der Waals surface area (Å²) in [6.07, 6.45) is 4.84. The van der Waals surface area contributed by atoms with E-state index in [9.17, 15) is 9.59 Å². The molecule has 100 valence electrons. The highest BCUT2D eigenvalue weighted by atomic mass is 16.5. The van der Waals surface area contributed by atoms with Gasteiger partial charge in [-0.15, -0.1) is 0 Å². The van der Waals surface area contributed by atoms with E-state index in [4.69, 9.17) is 4.74 Å². The molecule has 0 aliphatic carbocycles. The van der Waals surface area contributed by atoms with Gasteiger partial charge in [0.25, 0.3) is 0 Å². The van der Waals surface area contributed by atoms with Crippen molar-refractivity contribution in [3.05, 3.63) is 52.2 Å². The summed E-state index contributed by atoms with van der Waals surface area (Å²) < 4.78 is 8.42. The Morgan fingerprint density at radius 3 is 2.68 bits per heavy atom. The fourth-order valence-corrected chi connectivity index (χ4v) is 1.75. The Hall–Kier alpha value is -2.37. The van der Waals surface area contributed by atoms with E-state index in [1.807, 2.05) is 0 Å². The molecular formula is C13H15N3O3. The number of carbonyl (C=O) groups excluding carboxylic acids is 1. The molecule has 0 aliphatic heterocycles. The molecule has 0 amide bonds. The van der Waals surface area contributed by atoms with Gasteiger partial charge < -0.3 is 9.30 Å². The molecule has 0 radical (unpaired) electrons. The number of esters is 1. The zero-order valence-electron chi connectivity index (χ0n) is 10.9. The smallest absolute Gasteiger partial charge is 0.341 e. The Morgan fingerprint density at radius 2 is 2.05 bits per heavy atom. The van der Waals surface area contributed by atoms with Gasteiger partial charge in [-0.1, -0.05) is 0 Å². The summed E-state index contributed by atoms with van der Waals surface area (Å²) in [6, 6.07) is 2.95. The standard InChI is InChI=1S/C13H15N3O3/c1-3-19-13(18)11-8-14-15(2)12(11)9-16-6-4-10(17)5-7-16/h4-8H,3,9H2,1-2H3. The average Bonchev–Trinajstić information content (AvgIpc) is 2.74. The summed E-state index contributed by atoms with van der Waals surface area (Å²) in [5, 5.41) is 4.07. The van der Waals surface area contributed by atoms with Crippen molar-refractivity contribution in [3.8, 4) is 0 Å². The van der Waals surface area contributed by atoms with Gasteiger partial charge in [-0.2, -0.15) is 5.10 Å². The van der Waals surface area contributed by atoms with Crippen molar-refractivity contribution >= 4 is 5.97 Å². The Bertz CT molecular complexity index is 622. The maximum absolute atomic E-state index is 11.8. The molecule has 2 rings (SSSR count). The molecular weight excluding hydrogens is 246 g/mol. The minimum absolute atomic E-state index is 0.0492. The summed E-state index contributed by atoms with van der Waals surface area (Å²) >= 11 is 0. The van der Waals surface area contributed by atoms with Gasteiger partial charge in [-0.05, 0) is 6.92 Å². The molecule has 2 heterocycles. The summed E-state index contributed by atoms with van der Waals surface area (Å²) in [7, 11) is 1.76. The van der Waals surface area contributed by atoms with Crippen LogP contribution in [-0.2, 0) is 18.3 Å². The van der Waals surface area contributed by atoms with Gasteiger partial charge in [0, 0.05) is 31.6 Å². The van der Waals surface area contributed by atoms with E-state index in [0.29, 0.717) is 18.7 Å². The molecule has 0 saturated carbocycles. The molecule has 0 spiro atoms. The number of aryl methyl sites for hydroxylation is 1. The number of carbonyl (C=O) groups is 1. The Labute approximate surface area is 110 Å². The van der Waals surface area contributed by atoms with Crippen molar-refractivity contribution in [2.75, 3.05) is 6.61 Å². The van der Waals surface area contributed by atoms with Crippen LogP contribution < -0.4 is 5.43 Å². The van der Waals surface area contributed by atoms with Crippen LogP contribution >= 0.6 is 0 Å².